The van der Waals surface area contributed by atoms with Crippen LogP contribution < -0.4 is 20.7 Å². The van der Waals surface area contributed by atoms with E-state index < -0.39 is 0 Å². The highest BCUT2D eigenvalue weighted by Gasteiger charge is 2.13. The summed E-state index contributed by atoms with van der Waals surface area (Å²) in [4.78, 5) is 0. The topological polar surface area (TPSA) is 45.3 Å². The van der Waals surface area contributed by atoms with E-state index in [0.29, 0.717) is 0 Å². The molecule has 0 unspecified atom stereocenters. The smallest absolute Gasteiger partial charge is 0.150 e. The minimum absolute atomic E-state index is 0.881. The van der Waals surface area contributed by atoms with Crippen LogP contribution in [0.4, 0.5) is 11.4 Å². The molecule has 0 atom stereocenters. The lowest BCUT2D eigenvalue weighted by Gasteiger charge is -2.20. The van der Waals surface area contributed by atoms with E-state index in [2.05, 4.69) is 16.0 Å². The molecule has 2 heterocycles. The molecule has 98 valence electrons. The summed E-state index contributed by atoms with van der Waals surface area (Å²) in [5.41, 5.74) is 2.04. The van der Waals surface area contributed by atoms with Gasteiger partial charge >= 0.3 is 0 Å². The van der Waals surface area contributed by atoms with E-state index >= 15 is 0 Å². The SMILES string of the molecule is C1CNCN1.c1ccc2c(c1)Nc1ccccc1O2. The summed E-state index contributed by atoms with van der Waals surface area (Å²) >= 11 is 0. The van der Waals surface area contributed by atoms with Crippen LogP contribution >= 0.6 is 0 Å². The van der Waals surface area contributed by atoms with Crippen molar-refractivity contribution < 1.29 is 4.74 Å². The molecule has 3 N–H and O–H groups in total. The number of para-hydroxylation sites is 4. The van der Waals surface area contributed by atoms with E-state index in [9.17, 15) is 0 Å². The molecule has 4 heteroatoms. The number of anilines is 2. The maximum atomic E-state index is 5.71. The molecule has 1 saturated heterocycles. The summed E-state index contributed by atoms with van der Waals surface area (Å²) in [6, 6.07) is 15.8. The van der Waals surface area contributed by atoms with Crippen molar-refractivity contribution in [2.45, 2.75) is 0 Å². The third-order valence-corrected chi connectivity index (χ3v) is 2.99. The van der Waals surface area contributed by atoms with Crippen LogP contribution in [0.2, 0.25) is 0 Å². The standard InChI is InChI=1S/C12H9NO.C3H8N2/c1-3-7-11-9(5-1)13-10-6-2-4-8-12(10)14-11;1-2-5-3-4-1/h1-8,13H;4-5H,1-3H2. The number of nitrogens with one attached hydrogen (secondary N) is 3. The van der Waals surface area contributed by atoms with Gasteiger partial charge in [0.2, 0.25) is 0 Å². The van der Waals surface area contributed by atoms with E-state index in [0.717, 1.165) is 42.6 Å². The first-order valence-corrected chi connectivity index (χ1v) is 6.48. The number of hydrogen-bond donors (Lipinski definition) is 3. The molecule has 2 aromatic rings. The van der Waals surface area contributed by atoms with E-state index in [1.54, 1.807) is 0 Å². The third kappa shape index (κ3) is 2.86. The van der Waals surface area contributed by atoms with Gasteiger partial charge in [0, 0.05) is 19.8 Å². The van der Waals surface area contributed by atoms with Gasteiger partial charge in [-0.2, -0.15) is 0 Å². The zero-order chi connectivity index (χ0) is 12.9. The quantitative estimate of drug-likeness (QED) is 0.578. The lowest BCUT2D eigenvalue weighted by Crippen LogP contribution is -2.11. The largest absolute Gasteiger partial charge is 0.453 e. The van der Waals surface area contributed by atoms with Gasteiger partial charge in [0.25, 0.3) is 0 Å². The average molecular weight is 255 g/mol. The number of rotatable bonds is 0. The van der Waals surface area contributed by atoms with Gasteiger partial charge in [-0.3, -0.25) is 0 Å². The van der Waals surface area contributed by atoms with E-state index in [4.69, 9.17) is 4.74 Å². The Labute approximate surface area is 112 Å². The summed E-state index contributed by atoms with van der Waals surface area (Å²) < 4.78 is 5.71. The molecule has 0 aliphatic carbocycles. The van der Waals surface area contributed by atoms with Crippen LogP contribution in [0.25, 0.3) is 0 Å². The Morgan fingerprint density at radius 2 is 1.26 bits per heavy atom. The Balaban J connectivity index is 0.000000187. The molecule has 4 nitrogen and oxygen atoms in total. The molecule has 1 fully saturated rings. The Hall–Kier alpha value is -2.04. The van der Waals surface area contributed by atoms with Gasteiger partial charge < -0.3 is 20.7 Å². The fourth-order valence-electron chi connectivity index (χ4n) is 2.02. The summed E-state index contributed by atoms with van der Waals surface area (Å²) in [5.74, 6) is 1.76. The third-order valence-electron chi connectivity index (χ3n) is 2.99. The minimum atomic E-state index is 0.881. The molecule has 0 amide bonds. The molecular weight excluding hydrogens is 238 g/mol. The van der Waals surface area contributed by atoms with Crippen LogP contribution in [0, 0.1) is 0 Å². The van der Waals surface area contributed by atoms with Crippen LogP contribution in [0.15, 0.2) is 48.5 Å². The van der Waals surface area contributed by atoms with Crippen molar-refractivity contribution in [3.05, 3.63) is 48.5 Å². The van der Waals surface area contributed by atoms with E-state index in [1.807, 2.05) is 48.5 Å². The predicted octanol–water partition coefficient (Wildman–Crippen LogP) is 2.67. The maximum Gasteiger partial charge on any atom is 0.150 e. The molecule has 0 bridgehead atoms. The molecule has 0 spiro atoms. The Morgan fingerprint density at radius 1 is 0.737 bits per heavy atom. The lowest BCUT2D eigenvalue weighted by atomic mass is 10.2. The van der Waals surface area contributed by atoms with Crippen molar-refractivity contribution in [3.63, 3.8) is 0 Å². The van der Waals surface area contributed by atoms with Crippen molar-refractivity contribution in [2.24, 2.45) is 0 Å². The first-order valence-electron chi connectivity index (χ1n) is 6.48. The Morgan fingerprint density at radius 3 is 1.74 bits per heavy atom. The molecule has 4 rings (SSSR count). The second-order valence-corrected chi connectivity index (χ2v) is 4.40. The minimum Gasteiger partial charge on any atom is -0.453 e. The monoisotopic (exact) mass is 255 g/mol. The lowest BCUT2D eigenvalue weighted by molar-refractivity contribution is 0.481. The van der Waals surface area contributed by atoms with Crippen molar-refractivity contribution in [1.82, 2.24) is 10.6 Å². The molecule has 0 saturated carbocycles. The highest BCUT2D eigenvalue weighted by molar-refractivity contribution is 5.75. The number of benzene rings is 2. The highest BCUT2D eigenvalue weighted by atomic mass is 16.5. The molecule has 2 aliphatic rings. The van der Waals surface area contributed by atoms with Gasteiger partial charge in [-0.1, -0.05) is 24.3 Å². The van der Waals surface area contributed by atoms with Crippen LogP contribution in [0.1, 0.15) is 0 Å². The Kier molecular flexibility index (Phi) is 3.63. The van der Waals surface area contributed by atoms with Gasteiger partial charge in [0.15, 0.2) is 11.5 Å². The van der Waals surface area contributed by atoms with E-state index in [1.165, 1.54) is 0 Å². The van der Waals surface area contributed by atoms with Crippen LogP contribution in [0.5, 0.6) is 11.5 Å². The molecule has 2 aliphatic heterocycles. The van der Waals surface area contributed by atoms with Crippen molar-refractivity contribution >= 4 is 11.4 Å². The van der Waals surface area contributed by atoms with Gasteiger partial charge in [-0.25, -0.2) is 0 Å². The van der Waals surface area contributed by atoms with Crippen molar-refractivity contribution in [2.75, 3.05) is 25.1 Å². The molecule has 2 aromatic carbocycles. The Bertz CT molecular complexity index is 457. The number of fused-ring (bicyclic) bond motifs is 2. The second kappa shape index (κ2) is 5.73. The van der Waals surface area contributed by atoms with Gasteiger partial charge in [0.05, 0.1) is 11.4 Å². The van der Waals surface area contributed by atoms with Crippen molar-refractivity contribution in [1.29, 1.82) is 0 Å². The summed E-state index contributed by atoms with van der Waals surface area (Å²) in [6.45, 7) is 3.28. The molecule has 19 heavy (non-hydrogen) atoms. The summed E-state index contributed by atoms with van der Waals surface area (Å²) in [5, 5.41) is 9.54. The zero-order valence-electron chi connectivity index (χ0n) is 10.6. The van der Waals surface area contributed by atoms with Crippen LogP contribution in [-0.4, -0.2) is 19.8 Å². The summed E-state index contributed by atoms with van der Waals surface area (Å²) in [7, 11) is 0. The van der Waals surface area contributed by atoms with Crippen LogP contribution in [0.3, 0.4) is 0 Å². The zero-order valence-corrected chi connectivity index (χ0v) is 10.6. The normalized spacial score (nSPS) is 15.2. The highest BCUT2D eigenvalue weighted by Crippen LogP contribution is 2.40. The van der Waals surface area contributed by atoms with E-state index in [-0.39, 0.29) is 0 Å². The predicted molar refractivity (Wildman–Crippen MR) is 77.1 cm³/mol. The molecule has 0 aromatic heterocycles. The number of ether oxygens (including phenoxy) is 1. The van der Waals surface area contributed by atoms with Gasteiger partial charge in [0.1, 0.15) is 0 Å². The van der Waals surface area contributed by atoms with Crippen molar-refractivity contribution in [3.8, 4) is 11.5 Å². The number of hydrogen-bond acceptors (Lipinski definition) is 4. The van der Waals surface area contributed by atoms with Gasteiger partial charge in [-0.05, 0) is 24.3 Å². The van der Waals surface area contributed by atoms with Crippen LogP contribution in [-0.2, 0) is 0 Å². The first-order chi connectivity index (χ1) is 9.43. The second-order valence-electron chi connectivity index (χ2n) is 4.40. The average Bonchev–Trinajstić information content (AvgIpc) is 3.04. The maximum absolute atomic E-state index is 5.71. The van der Waals surface area contributed by atoms with Gasteiger partial charge in [-0.15, -0.1) is 0 Å². The molecule has 0 radical (unpaired) electrons. The fourth-order valence-corrected chi connectivity index (χ4v) is 2.02. The molecular formula is C15H17N3O. The first kappa shape index (κ1) is 12.0. The fraction of sp³-hybridized carbons (Fsp3) is 0.200. The summed E-state index contributed by atoms with van der Waals surface area (Å²) in [6.07, 6.45) is 0.